The van der Waals surface area contributed by atoms with E-state index in [9.17, 15) is 0 Å². The van der Waals surface area contributed by atoms with Crippen LogP contribution in [0.15, 0.2) is 54.6 Å². The molecule has 4 nitrogen and oxygen atoms in total. The summed E-state index contributed by atoms with van der Waals surface area (Å²) in [5, 5.41) is 7.52. The average Bonchev–Trinajstić information content (AvgIpc) is 2.68. The van der Waals surface area contributed by atoms with Gasteiger partial charge in [0, 0.05) is 26.2 Å². The molecule has 0 radical (unpaired) electrons. The molecule has 138 valence electrons. The summed E-state index contributed by atoms with van der Waals surface area (Å²) in [5.74, 6) is 0. The number of nitrogens with one attached hydrogen (secondary N) is 2. The Labute approximate surface area is 161 Å². The van der Waals surface area contributed by atoms with Crippen molar-refractivity contribution < 1.29 is 4.74 Å². The molecular formula is C21H27N3OS. The molecule has 0 spiro atoms. The maximum Gasteiger partial charge on any atom is 0.167 e. The van der Waals surface area contributed by atoms with Crippen LogP contribution in [-0.4, -0.2) is 49.4 Å². The molecule has 3 rings (SSSR count). The zero-order chi connectivity index (χ0) is 18.2. The lowest BCUT2D eigenvalue weighted by Crippen LogP contribution is -2.44. The number of morpholine rings is 1. The average molecular weight is 370 g/mol. The molecule has 0 amide bonds. The molecule has 0 saturated carbocycles. The van der Waals surface area contributed by atoms with Crippen LogP contribution in [0.4, 0.5) is 0 Å². The highest BCUT2D eigenvalue weighted by molar-refractivity contribution is 7.80. The van der Waals surface area contributed by atoms with Gasteiger partial charge in [-0.1, -0.05) is 60.2 Å². The van der Waals surface area contributed by atoms with Gasteiger partial charge in [0.15, 0.2) is 5.11 Å². The minimum atomic E-state index is 0.0418. The number of hydrogen-bond acceptors (Lipinski definition) is 3. The van der Waals surface area contributed by atoms with Gasteiger partial charge in [-0.3, -0.25) is 4.90 Å². The zero-order valence-electron chi connectivity index (χ0n) is 15.3. The number of benzene rings is 2. The topological polar surface area (TPSA) is 36.5 Å². The molecule has 5 heteroatoms. The van der Waals surface area contributed by atoms with Crippen LogP contribution in [-0.2, 0) is 4.74 Å². The van der Waals surface area contributed by atoms with E-state index >= 15 is 0 Å². The van der Waals surface area contributed by atoms with Gasteiger partial charge in [0.25, 0.3) is 0 Å². The van der Waals surface area contributed by atoms with Crippen molar-refractivity contribution in [1.82, 2.24) is 15.5 Å². The van der Waals surface area contributed by atoms with E-state index < -0.39 is 0 Å². The molecular weight excluding hydrogens is 342 g/mol. The number of ether oxygens (including phenoxy) is 1. The summed E-state index contributed by atoms with van der Waals surface area (Å²) >= 11 is 5.56. The Hall–Kier alpha value is -1.95. The highest BCUT2D eigenvalue weighted by Gasteiger charge is 2.15. The Kier molecular flexibility index (Phi) is 7.00. The molecule has 1 aliphatic rings. The van der Waals surface area contributed by atoms with E-state index in [1.165, 1.54) is 16.7 Å². The van der Waals surface area contributed by atoms with Crippen LogP contribution in [0.3, 0.4) is 0 Å². The third-order valence-electron chi connectivity index (χ3n) is 4.64. The summed E-state index contributed by atoms with van der Waals surface area (Å²) in [7, 11) is 0. The van der Waals surface area contributed by atoms with Gasteiger partial charge in [-0.25, -0.2) is 0 Å². The Morgan fingerprint density at radius 3 is 2.38 bits per heavy atom. The van der Waals surface area contributed by atoms with Crippen LogP contribution >= 0.6 is 12.2 Å². The lowest BCUT2D eigenvalue weighted by Gasteiger charge is -2.27. The van der Waals surface area contributed by atoms with Crippen molar-refractivity contribution in [2.75, 3.05) is 39.4 Å². The third-order valence-corrected chi connectivity index (χ3v) is 4.90. The monoisotopic (exact) mass is 369 g/mol. The number of rotatable bonds is 6. The fraction of sp³-hybridized carbons (Fsp3) is 0.381. The van der Waals surface area contributed by atoms with E-state index in [0.29, 0.717) is 5.11 Å². The molecule has 0 bridgehead atoms. The molecule has 0 aromatic heterocycles. The molecule has 0 unspecified atom stereocenters. The van der Waals surface area contributed by atoms with Gasteiger partial charge in [-0.15, -0.1) is 0 Å². The fourth-order valence-electron chi connectivity index (χ4n) is 3.10. The van der Waals surface area contributed by atoms with Crippen LogP contribution in [0.1, 0.15) is 22.7 Å². The second kappa shape index (κ2) is 9.67. The van der Waals surface area contributed by atoms with Crippen molar-refractivity contribution in [1.29, 1.82) is 0 Å². The summed E-state index contributed by atoms with van der Waals surface area (Å²) in [4.78, 5) is 2.40. The van der Waals surface area contributed by atoms with Gasteiger partial charge in [-0.05, 0) is 30.3 Å². The molecule has 1 heterocycles. The van der Waals surface area contributed by atoms with Crippen LogP contribution < -0.4 is 10.6 Å². The molecule has 1 saturated heterocycles. The normalized spacial score (nSPS) is 16.0. The Balaban J connectivity index is 1.60. The molecule has 1 aliphatic heterocycles. The summed E-state index contributed by atoms with van der Waals surface area (Å²) in [5.41, 5.74) is 3.67. The Bertz CT molecular complexity index is 684. The van der Waals surface area contributed by atoms with E-state index in [-0.39, 0.29) is 6.04 Å². The van der Waals surface area contributed by atoms with Crippen LogP contribution in [0, 0.1) is 6.92 Å². The maximum absolute atomic E-state index is 5.56. The lowest BCUT2D eigenvalue weighted by molar-refractivity contribution is 0.0389. The fourth-order valence-corrected chi connectivity index (χ4v) is 3.32. The van der Waals surface area contributed by atoms with Crippen LogP contribution in [0.5, 0.6) is 0 Å². The standard InChI is InChI=1S/C21H27N3OS/c1-17-7-9-19(10-8-17)20(18-5-3-2-4-6-18)23-21(26)22-11-12-24-13-15-25-16-14-24/h2-10,20H,11-16H2,1H3,(H2,22,23,26)/t20-/m0/s1. The maximum atomic E-state index is 5.56. The molecule has 2 N–H and O–H groups in total. The van der Waals surface area contributed by atoms with Gasteiger partial charge in [0.2, 0.25) is 0 Å². The molecule has 2 aromatic carbocycles. The smallest absolute Gasteiger partial charge is 0.167 e. The van der Waals surface area contributed by atoms with Crippen LogP contribution in [0.25, 0.3) is 0 Å². The largest absolute Gasteiger partial charge is 0.379 e. The van der Waals surface area contributed by atoms with Gasteiger partial charge >= 0.3 is 0 Å². The first-order valence-corrected chi connectivity index (χ1v) is 9.59. The summed E-state index contributed by atoms with van der Waals surface area (Å²) in [6.45, 7) is 7.56. The predicted octanol–water partition coefficient (Wildman–Crippen LogP) is 2.88. The first-order chi connectivity index (χ1) is 12.7. The quantitative estimate of drug-likeness (QED) is 0.766. The Morgan fingerprint density at radius 1 is 1.04 bits per heavy atom. The number of thiocarbonyl (C=S) groups is 1. The number of nitrogens with zero attached hydrogens (tertiary/aromatic N) is 1. The van der Waals surface area contributed by atoms with Crippen LogP contribution in [0.2, 0.25) is 0 Å². The molecule has 1 fully saturated rings. The second-order valence-electron chi connectivity index (χ2n) is 6.61. The van der Waals surface area contributed by atoms with E-state index in [1.807, 2.05) is 6.07 Å². The van der Waals surface area contributed by atoms with Crippen molar-refractivity contribution in [3.8, 4) is 0 Å². The number of aryl methyl sites for hydroxylation is 1. The minimum absolute atomic E-state index is 0.0418. The van der Waals surface area contributed by atoms with Crippen molar-refractivity contribution in [3.63, 3.8) is 0 Å². The van der Waals surface area contributed by atoms with E-state index in [4.69, 9.17) is 17.0 Å². The predicted molar refractivity (Wildman–Crippen MR) is 110 cm³/mol. The molecule has 2 aromatic rings. The summed E-state index contributed by atoms with van der Waals surface area (Å²) in [6.07, 6.45) is 0. The second-order valence-corrected chi connectivity index (χ2v) is 7.02. The van der Waals surface area contributed by atoms with Crippen molar-refractivity contribution in [2.24, 2.45) is 0 Å². The zero-order valence-corrected chi connectivity index (χ0v) is 16.1. The highest BCUT2D eigenvalue weighted by atomic mass is 32.1. The van der Waals surface area contributed by atoms with Gasteiger partial charge in [0.05, 0.1) is 19.3 Å². The summed E-state index contributed by atoms with van der Waals surface area (Å²) in [6, 6.07) is 19.1. The Morgan fingerprint density at radius 2 is 1.69 bits per heavy atom. The summed E-state index contributed by atoms with van der Waals surface area (Å²) < 4.78 is 5.39. The minimum Gasteiger partial charge on any atom is -0.379 e. The van der Waals surface area contributed by atoms with Crippen molar-refractivity contribution >= 4 is 17.3 Å². The van der Waals surface area contributed by atoms with Gasteiger partial charge in [-0.2, -0.15) is 0 Å². The third kappa shape index (κ3) is 5.53. The molecule has 0 aliphatic carbocycles. The van der Waals surface area contributed by atoms with E-state index in [0.717, 1.165) is 39.4 Å². The molecule has 26 heavy (non-hydrogen) atoms. The lowest BCUT2D eigenvalue weighted by atomic mass is 9.98. The van der Waals surface area contributed by atoms with Gasteiger partial charge < -0.3 is 15.4 Å². The van der Waals surface area contributed by atoms with Crippen molar-refractivity contribution in [3.05, 3.63) is 71.3 Å². The number of hydrogen-bond donors (Lipinski definition) is 2. The van der Waals surface area contributed by atoms with E-state index in [2.05, 4.69) is 71.0 Å². The van der Waals surface area contributed by atoms with Gasteiger partial charge in [0.1, 0.15) is 0 Å². The first-order valence-electron chi connectivity index (χ1n) is 9.18. The van der Waals surface area contributed by atoms with E-state index in [1.54, 1.807) is 0 Å². The SMILES string of the molecule is Cc1ccc([C@@H](NC(=S)NCCN2CCOCC2)c2ccccc2)cc1. The highest BCUT2D eigenvalue weighted by Crippen LogP contribution is 2.22. The van der Waals surface area contributed by atoms with Crippen molar-refractivity contribution in [2.45, 2.75) is 13.0 Å². The first kappa shape index (κ1) is 18.8. The molecule has 1 atom stereocenters.